The lowest BCUT2D eigenvalue weighted by atomic mass is 9.87. The number of hydrogen-bond acceptors (Lipinski definition) is 3. The van der Waals surface area contributed by atoms with Gasteiger partial charge in [-0.25, -0.2) is 4.98 Å². The van der Waals surface area contributed by atoms with E-state index in [0.29, 0.717) is 5.41 Å². The second-order valence-corrected chi connectivity index (χ2v) is 5.34. The van der Waals surface area contributed by atoms with Crippen LogP contribution in [0.25, 0.3) is 0 Å². The Balaban J connectivity index is 0.00000108. The monoisotopic (exact) mass is 256 g/mol. The van der Waals surface area contributed by atoms with E-state index in [9.17, 15) is 0 Å². The minimum absolute atomic E-state index is 0. The zero-order valence-electron chi connectivity index (χ0n) is 10.4. The van der Waals surface area contributed by atoms with Crippen LogP contribution in [0.15, 0.2) is 12.4 Å². The van der Waals surface area contributed by atoms with Crippen molar-refractivity contribution < 1.29 is 0 Å². The maximum Gasteiger partial charge on any atom is 0.122 e. The molecule has 1 unspecified atom stereocenters. The van der Waals surface area contributed by atoms with Crippen LogP contribution in [0.2, 0.25) is 0 Å². The van der Waals surface area contributed by atoms with Gasteiger partial charge in [-0.2, -0.15) is 0 Å². The van der Waals surface area contributed by atoms with Gasteiger partial charge in [0.25, 0.3) is 0 Å². The lowest BCUT2D eigenvalue weighted by Crippen LogP contribution is -2.29. The van der Waals surface area contributed by atoms with Crippen molar-refractivity contribution >= 4 is 12.4 Å². The molecule has 0 radical (unpaired) electrons. The highest BCUT2D eigenvalue weighted by atomic mass is 35.5. The number of rotatable bonds is 2. The normalized spacial score (nSPS) is 28.8. The smallest absolute Gasteiger partial charge is 0.122 e. The van der Waals surface area contributed by atoms with Crippen molar-refractivity contribution in [3.05, 3.63) is 18.2 Å². The van der Waals surface area contributed by atoms with E-state index in [4.69, 9.17) is 0 Å². The molecule has 0 bridgehead atoms. The Morgan fingerprint density at radius 1 is 1.47 bits per heavy atom. The summed E-state index contributed by atoms with van der Waals surface area (Å²) in [4.78, 5) is 6.95. The Morgan fingerprint density at radius 3 is 3.00 bits per heavy atom. The first-order chi connectivity index (χ1) is 7.77. The third-order valence-corrected chi connectivity index (χ3v) is 4.14. The van der Waals surface area contributed by atoms with Gasteiger partial charge in [-0.05, 0) is 31.3 Å². The zero-order chi connectivity index (χ0) is 11.0. The topological polar surface area (TPSA) is 33.1 Å². The van der Waals surface area contributed by atoms with Crippen LogP contribution in [0.4, 0.5) is 0 Å². The van der Waals surface area contributed by atoms with Gasteiger partial charge < -0.3 is 9.88 Å². The molecule has 2 fully saturated rings. The number of imidazole rings is 1. The minimum Gasteiger partial charge on any atom is -0.337 e. The maximum absolute atomic E-state index is 4.40. The summed E-state index contributed by atoms with van der Waals surface area (Å²) >= 11 is 0. The predicted molar refractivity (Wildman–Crippen MR) is 70.3 cm³/mol. The summed E-state index contributed by atoms with van der Waals surface area (Å²) in [5, 5.41) is 3.50. The van der Waals surface area contributed by atoms with Crippen LogP contribution in [0.5, 0.6) is 0 Å². The lowest BCUT2D eigenvalue weighted by Gasteiger charge is -2.22. The second-order valence-electron chi connectivity index (χ2n) is 5.34. The lowest BCUT2D eigenvalue weighted by molar-refractivity contribution is 0.262. The van der Waals surface area contributed by atoms with Gasteiger partial charge in [-0.3, -0.25) is 4.90 Å². The van der Waals surface area contributed by atoms with Crippen LogP contribution < -0.4 is 5.32 Å². The van der Waals surface area contributed by atoms with Crippen LogP contribution in [0.1, 0.15) is 18.7 Å². The summed E-state index contributed by atoms with van der Waals surface area (Å²) in [6, 6.07) is 0. The molecule has 0 saturated carbocycles. The van der Waals surface area contributed by atoms with Crippen LogP contribution in [-0.4, -0.2) is 40.6 Å². The molecule has 2 aliphatic rings. The van der Waals surface area contributed by atoms with E-state index in [1.54, 1.807) is 0 Å². The summed E-state index contributed by atoms with van der Waals surface area (Å²) in [5.74, 6) is 1.18. The Morgan fingerprint density at radius 2 is 2.35 bits per heavy atom. The molecule has 2 aliphatic heterocycles. The van der Waals surface area contributed by atoms with Crippen LogP contribution in [0, 0.1) is 5.41 Å². The third-order valence-electron chi connectivity index (χ3n) is 4.14. The van der Waals surface area contributed by atoms with E-state index >= 15 is 0 Å². The Hall–Kier alpha value is -0.580. The SMILES string of the molecule is Cl.Cn1ccnc1CN1CCC2(CCNC2)C1. The minimum atomic E-state index is 0. The second kappa shape index (κ2) is 4.96. The summed E-state index contributed by atoms with van der Waals surface area (Å²) in [6.45, 7) is 5.90. The molecule has 4 nitrogen and oxygen atoms in total. The van der Waals surface area contributed by atoms with Crippen LogP contribution in [-0.2, 0) is 13.6 Å². The highest BCUT2D eigenvalue weighted by Crippen LogP contribution is 2.36. The van der Waals surface area contributed by atoms with Gasteiger partial charge in [0.05, 0.1) is 6.54 Å². The molecule has 1 aromatic heterocycles. The molecule has 0 aromatic carbocycles. The Labute approximate surface area is 109 Å². The van der Waals surface area contributed by atoms with Gasteiger partial charge in [0.15, 0.2) is 0 Å². The Kier molecular flexibility index (Phi) is 3.76. The van der Waals surface area contributed by atoms with Crippen molar-refractivity contribution in [3.8, 4) is 0 Å². The molecule has 5 heteroatoms. The largest absolute Gasteiger partial charge is 0.337 e. The molecular formula is C12H21ClN4. The molecule has 1 spiro atoms. The number of nitrogens with zero attached hydrogens (tertiary/aromatic N) is 3. The molecule has 0 aliphatic carbocycles. The van der Waals surface area contributed by atoms with Gasteiger partial charge in [0.2, 0.25) is 0 Å². The maximum atomic E-state index is 4.40. The first-order valence-corrected chi connectivity index (χ1v) is 6.17. The summed E-state index contributed by atoms with van der Waals surface area (Å²) in [6.07, 6.45) is 6.62. The van der Waals surface area contributed by atoms with Gasteiger partial charge in [-0.15, -0.1) is 12.4 Å². The molecule has 1 aromatic rings. The van der Waals surface area contributed by atoms with Gasteiger partial charge in [0, 0.05) is 32.5 Å². The highest BCUT2D eigenvalue weighted by Gasteiger charge is 2.40. The van der Waals surface area contributed by atoms with Gasteiger partial charge >= 0.3 is 0 Å². The van der Waals surface area contributed by atoms with E-state index in [2.05, 4.69) is 26.8 Å². The molecule has 1 atom stereocenters. The third kappa shape index (κ3) is 2.49. The fourth-order valence-electron chi connectivity index (χ4n) is 3.06. The van der Waals surface area contributed by atoms with Crippen molar-refractivity contribution in [2.45, 2.75) is 19.4 Å². The first-order valence-electron chi connectivity index (χ1n) is 6.17. The number of aromatic nitrogens is 2. The van der Waals surface area contributed by atoms with Crippen LogP contribution in [0.3, 0.4) is 0 Å². The van der Waals surface area contributed by atoms with Crippen molar-refractivity contribution in [2.24, 2.45) is 12.5 Å². The van der Waals surface area contributed by atoms with Crippen LogP contribution >= 0.6 is 12.4 Å². The van der Waals surface area contributed by atoms with Crippen molar-refractivity contribution in [1.29, 1.82) is 0 Å². The molecule has 1 N–H and O–H groups in total. The summed E-state index contributed by atoms with van der Waals surface area (Å²) in [5.41, 5.74) is 0.575. The van der Waals surface area contributed by atoms with Gasteiger partial charge in [0.1, 0.15) is 5.82 Å². The predicted octanol–water partition coefficient (Wildman–Crippen LogP) is 1.03. The fraction of sp³-hybridized carbons (Fsp3) is 0.750. The number of aryl methyl sites for hydroxylation is 1. The van der Waals surface area contributed by atoms with Crippen molar-refractivity contribution in [1.82, 2.24) is 19.8 Å². The number of hydrogen-bond donors (Lipinski definition) is 1. The quantitative estimate of drug-likeness (QED) is 0.858. The molecule has 96 valence electrons. The molecule has 2 saturated heterocycles. The average molecular weight is 257 g/mol. The average Bonchev–Trinajstić information content (AvgIpc) is 2.96. The standard InChI is InChI=1S/C12H20N4.ClH/c1-15-7-5-14-11(15)8-16-6-3-12(10-16)2-4-13-9-12;/h5,7,13H,2-4,6,8-10H2,1H3;1H. The summed E-state index contributed by atoms with van der Waals surface area (Å²) < 4.78 is 2.12. The van der Waals surface area contributed by atoms with Crippen molar-refractivity contribution in [2.75, 3.05) is 26.2 Å². The highest BCUT2D eigenvalue weighted by molar-refractivity contribution is 5.85. The molecule has 17 heavy (non-hydrogen) atoms. The van der Waals surface area contributed by atoms with E-state index in [1.165, 1.54) is 44.8 Å². The number of halogens is 1. The van der Waals surface area contributed by atoms with Gasteiger partial charge in [-0.1, -0.05) is 0 Å². The first kappa shape index (κ1) is 12.9. The fourth-order valence-corrected chi connectivity index (χ4v) is 3.06. The molecule has 3 heterocycles. The zero-order valence-corrected chi connectivity index (χ0v) is 11.2. The number of nitrogens with one attached hydrogen (secondary N) is 1. The van der Waals surface area contributed by atoms with E-state index in [0.717, 1.165) is 6.54 Å². The van der Waals surface area contributed by atoms with Crippen molar-refractivity contribution in [3.63, 3.8) is 0 Å². The molecule has 3 rings (SSSR count). The van der Waals surface area contributed by atoms with E-state index < -0.39 is 0 Å². The van der Waals surface area contributed by atoms with E-state index in [-0.39, 0.29) is 12.4 Å². The molecular weight excluding hydrogens is 236 g/mol. The molecule has 0 amide bonds. The Bertz CT molecular complexity index is 370. The summed E-state index contributed by atoms with van der Waals surface area (Å²) in [7, 11) is 2.07. The van der Waals surface area contributed by atoms with E-state index in [1.807, 2.05) is 12.4 Å². The number of likely N-dealkylation sites (tertiary alicyclic amines) is 1.